The predicted octanol–water partition coefficient (Wildman–Crippen LogP) is 5.78. The normalized spacial score (nSPS) is 13.4. The monoisotopic (exact) mass is 548 g/mol. The van der Waals surface area contributed by atoms with Crippen LogP contribution in [0.1, 0.15) is 42.8 Å². The number of H-pyrrole nitrogens is 1. The minimum Gasteiger partial charge on any atom is -0.455 e. The number of ether oxygens (including phenoxy) is 1. The van der Waals surface area contributed by atoms with Crippen molar-refractivity contribution in [3.8, 4) is 28.6 Å². The van der Waals surface area contributed by atoms with E-state index in [1.807, 2.05) is 54.0 Å². The van der Waals surface area contributed by atoms with E-state index in [4.69, 9.17) is 14.1 Å². The van der Waals surface area contributed by atoms with Gasteiger partial charge in [-0.1, -0.05) is 37.3 Å². The van der Waals surface area contributed by atoms with Crippen LogP contribution in [0.5, 0.6) is 5.88 Å². The van der Waals surface area contributed by atoms with Crippen molar-refractivity contribution in [1.29, 1.82) is 0 Å². The number of carbonyl (C=O) groups is 1. The van der Waals surface area contributed by atoms with Crippen molar-refractivity contribution >= 4 is 33.1 Å². The van der Waals surface area contributed by atoms with Gasteiger partial charge in [0.05, 0.1) is 11.0 Å². The molecule has 36 heavy (non-hydrogen) atoms. The Morgan fingerprint density at radius 3 is 2.75 bits per heavy atom. The predicted molar refractivity (Wildman–Crippen MR) is 134 cm³/mol. The maximum Gasteiger partial charge on any atom is 0.512 e. The largest absolute Gasteiger partial charge is 0.512 e. The van der Waals surface area contributed by atoms with Crippen molar-refractivity contribution in [2.75, 3.05) is 0 Å². The van der Waals surface area contributed by atoms with Gasteiger partial charge in [0, 0.05) is 28.9 Å². The van der Waals surface area contributed by atoms with Crippen molar-refractivity contribution < 1.29 is 19.1 Å². The number of tetrazole rings is 1. The van der Waals surface area contributed by atoms with E-state index < -0.39 is 6.16 Å². The fourth-order valence-electron chi connectivity index (χ4n) is 4.47. The highest BCUT2D eigenvalue weighted by Crippen LogP contribution is 2.45. The van der Waals surface area contributed by atoms with Gasteiger partial charge in [-0.05, 0) is 51.7 Å². The number of hydrogen-bond donors (Lipinski definition) is 2. The number of aryl methyl sites for hydroxylation is 1. The summed E-state index contributed by atoms with van der Waals surface area (Å²) < 4.78 is 14.1. The lowest BCUT2D eigenvalue weighted by Gasteiger charge is -2.11. The Morgan fingerprint density at radius 1 is 1.25 bits per heavy atom. The number of hydrogen-bond acceptors (Lipinski definition) is 7. The molecule has 1 fully saturated rings. The molecule has 0 atom stereocenters. The van der Waals surface area contributed by atoms with Crippen LogP contribution < -0.4 is 4.74 Å². The number of aromatic amines is 1. The molecule has 182 valence electrons. The Balaban J connectivity index is 1.41. The van der Waals surface area contributed by atoms with E-state index in [0.717, 1.165) is 50.9 Å². The molecule has 1 aliphatic carbocycles. The van der Waals surface area contributed by atoms with Gasteiger partial charge >= 0.3 is 6.16 Å². The van der Waals surface area contributed by atoms with Crippen LogP contribution in [0.4, 0.5) is 4.79 Å². The Kier molecular flexibility index (Phi) is 5.56. The maximum atomic E-state index is 11.4. The fraction of sp³-hybridized carbons (Fsp3) is 0.240. The number of nitrogens with zero attached hydrogens (tertiary/aromatic N) is 5. The molecule has 2 aromatic carbocycles. The SMILES string of the molecule is CCc1nc(C2CC2)c(OC(=O)O)n1Cc1ccc2oc(-c3ccccc3-c3nn[nH]n3)c(Br)c2c1. The smallest absolute Gasteiger partial charge is 0.455 e. The molecule has 3 aromatic heterocycles. The first-order valence-corrected chi connectivity index (χ1v) is 12.4. The van der Waals surface area contributed by atoms with Crippen LogP contribution in [-0.4, -0.2) is 41.4 Å². The van der Waals surface area contributed by atoms with E-state index in [1.165, 1.54) is 0 Å². The molecular weight excluding hydrogens is 528 g/mol. The molecule has 1 saturated carbocycles. The second-order valence-electron chi connectivity index (χ2n) is 8.66. The van der Waals surface area contributed by atoms with Crippen LogP contribution in [0.15, 0.2) is 51.4 Å². The van der Waals surface area contributed by atoms with E-state index >= 15 is 0 Å². The lowest BCUT2D eigenvalue weighted by atomic mass is 10.0. The zero-order valence-electron chi connectivity index (χ0n) is 19.2. The van der Waals surface area contributed by atoms with E-state index in [1.54, 1.807) is 0 Å². The second kappa shape index (κ2) is 8.90. The zero-order valence-corrected chi connectivity index (χ0v) is 20.8. The summed E-state index contributed by atoms with van der Waals surface area (Å²) in [4.78, 5) is 16.2. The van der Waals surface area contributed by atoms with Crippen molar-refractivity contribution in [3.63, 3.8) is 0 Å². The number of aromatic nitrogens is 6. The fourth-order valence-corrected chi connectivity index (χ4v) is 5.07. The average Bonchev–Trinajstić information content (AvgIpc) is 3.32. The number of fused-ring (bicyclic) bond motifs is 1. The molecule has 3 heterocycles. The molecule has 6 rings (SSSR count). The highest BCUT2D eigenvalue weighted by Gasteiger charge is 2.33. The van der Waals surface area contributed by atoms with Gasteiger partial charge in [-0.2, -0.15) is 5.21 Å². The minimum absolute atomic E-state index is 0.262. The van der Waals surface area contributed by atoms with Gasteiger partial charge in [0.1, 0.15) is 22.9 Å². The van der Waals surface area contributed by atoms with Crippen molar-refractivity contribution in [2.24, 2.45) is 0 Å². The van der Waals surface area contributed by atoms with Gasteiger partial charge in [0.15, 0.2) is 0 Å². The number of halogens is 1. The Hall–Kier alpha value is -3.99. The first kappa shape index (κ1) is 22.5. The number of furan rings is 1. The number of imidazole rings is 1. The van der Waals surface area contributed by atoms with Crippen molar-refractivity contribution in [2.45, 2.75) is 38.6 Å². The molecular formula is C25H21BrN6O4. The summed E-state index contributed by atoms with van der Waals surface area (Å²) in [6.07, 6.45) is 1.33. The summed E-state index contributed by atoms with van der Waals surface area (Å²) in [5, 5.41) is 24.6. The molecule has 0 unspecified atom stereocenters. The summed E-state index contributed by atoms with van der Waals surface area (Å²) in [5.74, 6) is 2.52. The van der Waals surface area contributed by atoms with Gasteiger partial charge < -0.3 is 14.3 Å². The Morgan fingerprint density at radius 2 is 2.06 bits per heavy atom. The van der Waals surface area contributed by atoms with Gasteiger partial charge in [-0.25, -0.2) is 9.78 Å². The molecule has 0 radical (unpaired) electrons. The Labute approximate surface area is 213 Å². The zero-order chi connectivity index (χ0) is 24.8. The third-order valence-electron chi connectivity index (χ3n) is 6.28. The number of rotatable bonds is 7. The van der Waals surface area contributed by atoms with Gasteiger partial charge in [-0.3, -0.25) is 4.57 Å². The van der Waals surface area contributed by atoms with Crippen molar-refractivity contribution in [1.82, 2.24) is 30.2 Å². The van der Waals surface area contributed by atoms with Crippen LogP contribution in [0, 0.1) is 0 Å². The van der Waals surface area contributed by atoms with Gasteiger partial charge in [0.2, 0.25) is 11.7 Å². The molecule has 10 nitrogen and oxygen atoms in total. The molecule has 1 aliphatic rings. The molecule has 5 aromatic rings. The highest BCUT2D eigenvalue weighted by molar-refractivity contribution is 9.10. The third kappa shape index (κ3) is 3.95. The van der Waals surface area contributed by atoms with E-state index in [-0.39, 0.29) is 5.92 Å². The van der Waals surface area contributed by atoms with Crippen LogP contribution in [0.3, 0.4) is 0 Å². The number of benzene rings is 2. The molecule has 2 N–H and O–H groups in total. The van der Waals surface area contributed by atoms with E-state index in [9.17, 15) is 9.90 Å². The number of nitrogens with one attached hydrogen (secondary N) is 1. The Bertz CT molecular complexity index is 1590. The summed E-state index contributed by atoms with van der Waals surface area (Å²) in [6, 6.07) is 13.6. The minimum atomic E-state index is -1.33. The quantitative estimate of drug-likeness (QED) is 0.244. The topological polar surface area (TPSA) is 132 Å². The van der Waals surface area contributed by atoms with Crippen LogP contribution in [0.25, 0.3) is 33.7 Å². The molecule has 0 spiro atoms. The third-order valence-corrected chi connectivity index (χ3v) is 7.07. The van der Waals surface area contributed by atoms with Gasteiger partial charge in [-0.15, -0.1) is 10.2 Å². The second-order valence-corrected chi connectivity index (χ2v) is 9.45. The summed E-state index contributed by atoms with van der Waals surface area (Å²) in [5.41, 5.74) is 4.04. The van der Waals surface area contributed by atoms with E-state index in [0.29, 0.717) is 36.0 Å². The first-order valence-electron chi connectivity index (χ1n) is 11.6. The van der Waals surface area contributed by atoms with Crippen LogP contribution in [0.2, 0.25) is 0 Å². The maximum absolute atomic E-state index is 11.4. The molecule has 0 aliphatic heterocycles. The standard InChI is InChI=1S/C25H21BrN6O4/c1-2-19-27-21(14-8-9-14)24(36-25(33)34)32(19)12-13-7-10-18-17(11-13)20(26)22(35-18)15-5-3-4-6-16(15)23-28-30-31-29-23/h3-7,10-11,14H,2,8-9,12H2,1H3,(H,33,34)(H,28,29,30,31). The van der Waals surface area contributed by atoms with Crippen LogP contribution in [-0.2, 0) is 13.0 Å². The molecule has 0 saturated heterocycles. The van der Waals surface area contributed by atoms with Crippen molar-refractivity contribution in [3.05, 3.63) is 64.0 Å². The summed E-state index contributed by atoms with van der Waals surface area (Å²) in [6.45, 7) is 2.43. The molecule has 0 amide bonds. The lowest BCUT2D eigenvalue weighted by molar-refractivity contribution is 0.140. The first-order chi connectivity index (χ1) is 17.5. The van der Waals surface area contributed by atoms with E-state index in [2.05, 4.69) is 36.6 Å². The molecule has 0 bridgehead atoms. The summed E-state index contributed by atoms with van der Waals surface area (Å²) in [7, 11) is 0. The molecule has 11 heteroatoms. The highest BCUT2D eigenvalue weighted by atomic mass is 79.9. The van der Waals surface area contributed by atoms with Gasteiger partial charge in [0.25, 0.3) is 0 Å². The average molecular weight is 549 g/mol. The lowest BCUT2D eigenvalue weighted by Crippen LogP contribution is -2.12. The summed E-state index contributed by atoms with van der Waals surface area (Å²) >= 11 is 3.73. The number of carboxylic acid groups (broad SMARTS) is 1. The van der Waals surface area contributed by atoms with Crippen LogP contribution >= 0.6 is 15.9 Å².